The minimum absolute atomic E-state index is 0.869. The summed E-state index contributed by atoms with van der Waals surface area (Å²) in [6.07, 6.45) is 0. The third-order valence-electron chi connectivity index (χ3n) is 18.2. The highest BCUT2D eigenvalue weighted by Crippen LogP contribution is 2.40. The van der Waals surface area contributed by atoms with Gasteiger partial charge in [-0.1, -0.05) is 176 Å². The Bertz CT molecular complexity index is 6470. The summed E-state index contributed by atoms with van der Waals surface area (Å²) in [5, 5.41) is 41.8. The molecule has 15 aromatic carbocycles. The first kappa shape index (κ1) is 54.4. The molecule has 21 aromatic rings. The molecule has 12 nitrogen and oxygen atoms in total. The van der Waals surface area contributed by atoms with Crippen LogP contribution in [0.15, 0.2) is 323 Å². The van der Waals surface area contributed by atoms with Gasteiger partial charge in [-0.3, -0.25) is 0 Å². The summed E-state index contributed by atoms with van der Waals surface area (Å²) in [6, 6.07) is 106. The van der Waals surface area contributed by atoms with E-state index in [9.17, 15) is 0 Å². The number of para-hydroxylation sites is 6. The molecule has 0 spiro atoms. The molecule has 0 atom stereocenters. The lowest BCUT2D eigenvalue weighted by atomic mass is 9.96. The molecule has 21 rings (SSSR count). The molecule has 0 fully saturated rings. The highest BCUT2D eigenvalue weighted by atomic mass is 16.3. The van der Waals surface area contributed by atoms with E-state index in [0.717, 1.165) is 176 Å². The van der Waals surface area contributed by atoms with Crippen LogP contribution in [-0.2, 0) is 0 Å². The Kier molecular flexibility index (Phi) is 12.6. The molecule has 0 saturated heterocycles. The van der Waals surface area contributed by atoms with Crippen LogP contribution in [-0.4, -0.2) is 45.0 Å². The maximum absolute atomic E-state index is 6.25. The van der Waals surface area contributed by atoms with E-state index in [1.807, 2.05) is 146 Å². The molecule has 0 aliphatic heterocycles. The molecule has 0 saturated carbocycles. The zero-order valence-corrected chi connectivity index (χ0v) is 51.2. The fourth-order valence-electron chi connectivity index (χ4n) is 13.4. The molecule has 12 heteroatoms. The van der Waals surface area contributed by atoms with Crippen LogP contribution in [0.2, 0.25) is 0 Å². The summed E-state index contributed by atoms with van der Waals surface area (Å²) in [5.74, 6) is 0. The highest BCUT2D eigenvalue weighted by molar-refractivity contribution is 6.18. The van der Waals surface area contributed by atoms with E-state index in [-0.39, 0.29) is 0 Å². The Morgan fingerprint density at radius 2 is 0.573 bits per heavy atom. The SMILES string of the molecule is c1ccc(-n2nc3ccc(-c4ccc5c(ccc6c7ccccc7oc56)c4)cc3n2)cc1.c1ccc(-n2nc3ccc(-c4ccc5cc6c(cc5c4)oc4ccccc46)cc3n2)cc1.c1ccc(-n2nc3ccc(-c4cccc5c4ccc4c6ccccc6oc54)cc3n2)cc1. The van der Waals surface area contributed by atoms with Crippen molar-refractivity contribution >= 4 is 131 Å². The molecule has 96 heavy (non-hydrogen) atoms. The van der Waals surface area contributed by atoms with Gasteiger partial charge in [0.25, 0.3) is 0 Å². The predicted octanol–water partition coefficient (Wildman–Crippen LogP) is 21.4. The van der Waals surface area contributed by atoms with Gasteiger partial charge < -0.3 is 13.3 Å². The Balaban J connectivity index is 0.000000102. The summed E-state index contributed by atoms with van der Waals surface area (Å²) in [7, 11) is 0. The van der Waals surface area contributed by atoms with Crippen molar-refractivity contribution in [3.05, 3.63) is 309 Å². The van der Waals surface area contributed by atoms with Crippen LogP contribution in [0.3, 0.4) is 0 Å². The minimum atomic E-state index is 0.869. The van der Waals surface area contributed by atoms with Gasteiger partial charge in [-0.2, -0.15) is 14.4 Å². The van der Waals surface area contributed by atoms with Gasteiger partial charge in [0.1, 0.15) is 66.6 Å². The number of rotatable bonds is 6. The normalized spacial score (nSPS) is 11.8. The maximum atomic E-state index is 6.25. The Labute approximate surface area is 546 Å². The van der Waals surface area contributed by atoms with E-state index in [0.29, 0.717) is 0 Å². The van der Waals surface area contributed by atoms with Gasteiger partial charge >= 0.3 is 0 Å². The lowest BCUT2D eigenvalue weighted by Gasteiger charge is -2.07. The van der Waals surface area contributed by atoms with Crippen molar-refractivity contribution in [2.45, 2.75) is 0 Å². The lowest BCUT2D eigenvalue weighted by Crippen LogP contribution is -1.97. The van der Waals surface area contributed by atoms with E-state index in [1.54, 1.807) is 14.4 Å². The Morgan fingerprint density at radius 3 is 1.14 bits per heavy atom. The Morgan fingerprint density at radius 1 is 0.198 bits per heavy atom. The summed E-state index contributed by atoms with van der Waals surface area (Å²) in [4.78, 5) is 5.07. The molecule has 0 radical (unpaired) electrons. The predicted molar refractivity (Wildman–Crippen MR) is 387 cm³/mol. The van der Waals surface area contributed by atoms with Gasteiger partial charge in [-0.05, 0) is 188 Å². The van der Waals surface area contributed by atoms with Crippen molar-refractivity contribution in [1.29, 1.82) is 0 Å². The monoisotopic (exact) mass is 1230 g/mol. The number of benzene rings is 15. The van der Waals surface area contributed by atoms with Crippen molar-refractivity contribution in [2.24, 2.45) is 0 Å². The van der Waals surface area contributed by atoms with Crippen LogP contribution in [0.1, 0.15) is 0 Å². The standard InChI is InChI=1S/3C28H17N3O/c1-2-7-19(8-3-1)31-29-25-16-13-18(17-26(25)30-31)20-10-6-11-23-21(20)14-15-24-22-9-4-5-12-27(22)32-28(23)24;1-2-6-21(7-3-1)31-29-25-15-12-19(17-26(25)30-31)18-10-13-22-20(16-18)11-14-24-23-8-4-5-9-27(23)32-28(22)24;1-2-6-22(7-3-1)31-29-25-13-12-20(16-26(25)30-31)18-10-11-19-15-24-23-8-4-5-9-27(23)32-28(24)17-21(19)14-18/h3*1-17H. The maximum Gasteiger partial charge on any atom is 0.143 e. The molecule has 450 valence electrons. The molecule has 0 N–H and O–H groups in total. The van der Waals surface area contributed by atoms with Crippen molar-refractivity contribution < 1.29 is 13.3 Å². The molecular weight excluding hydrogens is 1180 g/mol. The minimum Gasteiger partial charge on any atom is -0.456 e. The van der Waals surface area contributed by atoms with Gasteiger partial charge in [-0.15, -0.1) is 30.6 Å². The van der Waals surface area contributed by atoms with Crippen LogP contribution in [0.4, 0.5) is 0 Å². The molecule has 0 amide bonds. The number of aromatic nitrogens is 9. The number of fused-ring (bicyclic) bond motifs is 17. The zero-order valence-electron chi connectivity index (χ0n) is 51.2. The van der Waals surface area contributed by atoms with Crippen molar-refractivity contribution in [3.63, 3.8) is 0 Å². The fourth-order valence-corrected chi connectivity index (χ4v) is 13.4. The average molecular weight is 1230 g/mol. The van der Waals surface area contributed by atoms with E-state index in [4.69, 9.17) is 18.4 Å². The summed E-state index contributed by atoms with van der Waals surface area (Å²) in [5.41, 5.74) is 20.4. The van der Waals surface area contributed by atoms with Gasteiger partial charge in [0.15, 0.2) is 0 Å². The van der Waals surface area contributed by atoms with E-state index in [1.165, 1.54) is 5.39 Å². The van der Waals surface area contributed by atoms with Gasteiger partial charge in [0.2, 0.25) is 0 Å². The second-order valence-corrected chi connectivity index (χ2v) is 24.0. The largest absolute Gasteiger partial charge is 0.456 e. The second-order valence-electron chi connectivity index (χ2n) is 24.0. The molecule has 6 aromatic heterocycles. The smallest absolute Gasteiger partial charge is 0.143 e. The Hall–Kier alpha value is -13.3. The molecule has 0 aliphatic carbocycles. The summed E-state index contributed by atoms with van der Waals surface area (Å²) >= 11 is 0. The molecule has 6 heterocycles. The molecule has 0 unspecified atom stereocenters. The van der Waals surface area contributed by atoms with Crippen molar-refractivity contribution in [2.75, 3.05) is 0 Å². The average Bonchev–Trinajstić information content (AvgIpc) is 1.54. The van der Waals surface area contributed by atoms with Crippen LogP contribution >= 0.6 is 0 Å². The topological polar surface area (TPSA) is 132 Å². The first-order chi connectivity index (χ1) is 47.5. The van der Waals surface area contributed by atoms with E-state index in [2.05, 4.69) is 189 Å². The number of hydrogen-bond donors (Lipinski definition) is 0. The van der Waals surface area contributed by atoms with Gasteiger partial charge in [-0.25, -0.2) is 0 Å². The first-order valence-corrected chi connectivity index (χ1v) is 31.8. The second kappa shape index (κ2) is 22.2. The van der Waals surface area contributed by atoms with E-state index < -0.39 is 0 Å². The van der Waals surface area contributed by atoms with Crippen LogP contribution in [0.5, 0.6) is 0 Å². The van der Waals surface area contributed by atoms with Crippen LogP contribution in [0.25, 0.3) is 182 Å². The van der Waals surface area contributed by atoms with Gasteiger partial charge in [0, 0.05) is 43.1 Å². The van der Waals surface area contributed by atoms with Crippen molar-refractivity contribution in [3.8, 4) is 50.4 Å². The van der Waals surface area contributed by atoms with Crippen LogP contribution in [0, 0.1) is 0 Å². The molecule has 0 aliphatic rings. The number of nitrogens with zero attached hydrogens (tertiary/aromatic N) is 9. The molecule has 0 bridgehead atoms. The quantitative estimate of drug-likeness (QED) is 0.160. The summed E-state index contributed by atoms with van der Waals surface area (Å²) in [6.45, 7) is 0. The number of furan rings is 3. The third-order valence-corrected chi connectivity index (χ3v) is 18.2. The molecular formula is C84H51N9O3. The highest BCUT2D eigenvalue weighted by Gasteiger charge is 2.17. The fraction of sp³-hybridized carbons (Fsp3) is 0. The zero-order chi connectivity index (χ0) is 63.2. The van der Waals surface area contributed by atoms with E-state index >= 15 is 0 Å². The van der Waals surface area contributed by atoms with Crippen LogP contribution < -0.4 is 0 Å². The van der Waals surface area contributed by atoms with Crippen molar-refractivity contribution in [1.82, 2.24) is 45.0 Å². The van der Waals surface area contributed by atoms with Gasteiger partial charge in [0.05, 0.1) is 17.1 Å². The lowest BCUT2D eigenvalue weighted by molar-refractivity contribution is 0.669. The summed E-state index contributed by atoms with van der Waals surface area (Å²) < 4.78 is 18.5. The number of hydrogen-bond acceptors (Lipinski definition) is 9. The first-order valence-electron chi connectivity index (χ1n) is 31.8. The third kappa shape index (κ3) is 9.46.